The van der Waals surface area contributed by atoms with Crippen molar-refractivity contribution >= 4 is 45.2 Å². The Bertz CT molecular complexity index is 2220. The van der Waals surface area contributed by atoms with Gasteiger partial charge in [0, 0.05) is 53.1 Å². The van der Waals surface area contributed by atoms with Crippen LogP contribution in [0, 0.1) is 42.3 Å². The van der Waals surface area contributed by atoms with E-state index in [4.69, 9.17) is 11.6 Å². The highest BCUT2D eigenvalue weighted by Crippen LogP contribution is 2.38. The molecule has 6 aromatic rings. The Morgan fingerprint density at radius 2 is 1.10 bits per heavy atom. The fourth-order valence-electron chi connectivity index (χ4n) is 6.90. The molecule has 0 spiro atoms. The molecule has 0 aliphatic carbocycles. The summed E-state index contributed by atoms with van der Waals surface area (Å²) in [6.07, 6.45) is 0. The summed E-state index contributed by atoms with van der Waals surface area (Å²) in [5.74, 6) is -0.465. The van der Waals surface area contributed by atoms with Gasteiger partial charge in [0.15, 0.2) is 0 Å². The van der Waals surface area contributed by atoms with Crippen molar-refractivity contribution in [3.8, 4) is 34.4 Å². The van der Waals surface area contributed by atoms with Gasteiger partial charge in [0.2, 0.25) is 0 Å². The fraction of sp³-hybridized carbons (Fsp3) is 0.158. The number of nitrogens with zero attached hydrogens (tertiary/aromatic N) is 4. The van der Waals surface area contributed by atoms with Crippen molar-refractivity contribution in [1.82, 2.24) is 19.8 Å². The molecule has 4 aromatic carbocycles. The van der Waals surface area contributed by atoms with Gasteiger partial charge in [-0.05, 0) is 84.6 Å². The van der Waals surface area contributed by atoms with E-state index in [0.717, 1.165) is 61.7 Å². The van der Waals surface area contributed by atoms with Gasteiger partial charge in [-0.15, -0.1) is 0 Å². The minimum atomic E-state index is -0.306. The van der Waals surface area contributed by atoms with Gasteiger partial charge in [-0.2, -0.15) is 10.5 Å². The molecule has 2 aromatic heterocycles. The predicted molar refractivity (Wildman–Crippen MR) is 183 cm³/mol. The third kappa shape index (κ3) is 5.06. The normalized spacial score (nSPS) is 13.5. The summed E-state index contributed by atoms with van der Waals surface area (Å²) < 4.78 is 17.3. The van der Waals surface area contributed by atoms with E-state index in [9.17, 15) is 24.5 Å². The first-order valence-electron chi connectivity index (χ1n) is 15.4. The number of nitriles is 2. The number of aryl methyl sites for hydroxylation is 2. The zero-order valence-corrected chi connectivity index (χ0v) is 26.9. The Morgan fingerprint density at radius 1 is 0.688 bits per heavy atom. The molecule has 0 saturated carbocycles. The highest BCUT2D eigenvalue weighted by molar-refractivity contribution is 6.30. The molecule has 0 bridgehead atoms. The lowest BCUT2D eigenvalue weighted by Gasteiger charge is -2.18. The van der Waals surface area contributed by atoms with Crippen LogP contribution in [0.2, 0.25) is 5.02 Å². The molecule has 8 rings (SSSR count). The lowest BCUT2D eigenvalue weighted by Crippen LogP contribution is -2.35. The molecule has 0 saturated heterocycles. The van der Waals surface area contributed by atoms with E-state index in [0.29, 0.717) is 47.2 Å². The van der Waals surface area contributed by atoms with E-state index in [-0.39, 0.29) is 17.6 Å². The second-order valence-corrected chi connectivity index (χ2v) is 12.3. The lowest BCUT2D eigenvalue weighted by molar-refractivity contribution is 0.0920. The molecule has 8 nitrogen and oxygen atoms in total. The third-order valence-electron chi connectivity index (χ3n) is 9.06. The summed E-state index contributed by atoms with van der Waals surface area (Å²) in [6, 6.07) is 25.5. The van der Waals surface area contributed by atoms with Gasteiger partial charge in [0.05, 0.1) is 34.3 Å². The van der Waals surface area contributed by atoms with Crippen LogP contribution in [0.25, 0.3) is 44.1 Å². The Kier molecular flexibility index (Phi) is 7.71. The van der Waals surface area contributed by atoms with Gasteiger partial charge < -0.3 is 19.8 Å². The Labute approximate surface area is 280 Å². The Hall–Kier alpha value is -5.90. The lowest BCUT2D eigenvalue weighted by atomic mass is 9.99. The van der Waals surface area contributed by atoms with E-state index >= 15 is 0 Å². The summed E-state index contributed by atoms with van der Waals surface area (Å²) >= 11 is 6.00. The number of nitrogens with one attached hydrogen (secondary N) is 2. The van der Waals surface area contributed by atoms with Gasteiger partial charge in [0.25, 0.3) is 11.8 Å². The molecule has 0 fully saturated rings. The zero-order valence-electron chi connectivity index (χ0n) is 26.1. The number of benzene rings is 4. The molecular formula is C38H28ClFN6O2. The molecule has 2 amide bonds. The quantitative estimate of drug-likeness (QED) is 0.205. The van der Waals surface area contributed by atoms with Gasteiger partial charge in [0.1, 0.15) is 17.2 Å². The molecule has 0 atom stereocenters. The van der Waals surface area contributed by atoms with E-state index in [1.807, 2.05) is 60.9 Å². The second kappa shape index (κ2) is 12.0. The van der Waals surface area contributed by atoms with Crippen molar-refractivity contribution in [3.63, 3.8) is 0 Å². The molecule has 2 aliphatic heterocycles. The Balaban J connectivity index is 0.000000152. The van der Waals surface area contributed by atoms with Gasteiger partial charge in [-0.3, -0.25) is 9.59 Å². The van der Waals surface area contributed by atoms with E-state index in [2.05, 4.69) is 27.3 Å². The minimum absolute atomic E-state index is 0.0597. The standard InChI is InChI=1S/C19H14ClN3O.C19H14FN3O/c2*1-11-15-8-12(10-21)9-16(13-2-4-14(20)5-3-13)18(15)23-7-6-22-19(24)17(11)23/h2*2-5,8-9H,6-7H2,1H3,(H,22,24). The van der Waals surface area contributed by atoms with Crippen molar-refractivity contribution in [2.45, 2.75) is 26.9 Å². The molecular weight excluding hydrogens is 627 g/mol. The first-order chi connectivity index (χ1) is 23.2. The highest BCUT2D eigenvalue weighted by Gasteiger charge is 2.27. The minimum Gasteiger partial charge on any atom is -0.349 e. The smallest absolute Gasteiger partial charge is 0.268 e. The van der Waals surface area contributed by atoms with Crippen LogP contribution in [-0.2, 0) is 13.1 Å². The van der Waals surface area contributed by atoms with E-state index in [1.54, 1.807) is 18.2 Å². The van der Waals surface area contributed by atoms with Crippen LogP contribution in [0.1, 0.15) is 43.2 Å². The number of hydrogen-bond donors (Lipinski definition) is 2. The van der Waals surface area contributed by atoms with Gasteiger partial charge in [-0.25, -0.2) is 4.39 Å². The average molecular weight is 655 g/mol. The van der Waals surface area contributed by atoms with Crippen molar-refractivity contribution in [1.29, 1.82) is 10.5 Å². The monoisotopic (exact) mass is 654 g/mol. The zero-order chi connectivity index (χ0) is 33.7. The molecule has 10 heteroatoms. The molecule has 236 valence electrons. The van der Waals surface area contributed by atoms with Crippen LogP contribution in [0.3, 0.4) is 0 Å². The van der Waals surface area contributed by atoms with Gasteiger partial charge in [-0.1, -0.05) is 35.9 Å². The van der Waals surface area contributed by atoms with Crippen LogP contribution in [0.5, 0.6) is 0 Å². The summed E-state index contributed by atoms with van der Waals surface area (Å²) in [5, 5.41) is 27.0. The van der Waals surface area contributed by atoms with Crippen molar-refractivity contribution in [2.75, 3.05) is 13.1 Å². The van der Waals surface area contributed by atoms with E-state index in [1.165, 1.54) is 12.1 Å². The Morgan fingerprint density at radius 3 is 1.52 bits per heavy atom. The fourth-order valence-corrected chi connectivity index (χ4v) is 7.02. The molecule has 2 N–H and O–H groups in total. The highest BCUT2D eigenvalue weighted by atomic mass is 35.5. The number of carbonyl (C=O) groups excluding carboxylic acids is 2. The molecule has 48 heavy (non-hydrogen) atoms. The van der Waals surface area contributed by atoms with Gasteiger partial charge >= 0.3 is 0 Å². The average Bonchev–Trinajstić information content (AvgIpc) is 3.56. The number of rotatable bonds is 2. The SMILES string of the molecule is Cc1c2n(c3c(-c4ccc(Cl)cc4)cc(C#N)cc13)CCNC2=O.Cc1c2n(c3c(-c4ccc(F)cc4)cc(C#N)cc13)CCNC2=O. The first-order valence-corrected chi connectivity index (χ1v) is 15.8. The molecule has 4 heterocycles. The topological polar surface area (TPSA) is 116 Å². The molecule has 2 aliphatic rings. The maximum absolute atomic E-state index is 13.3. The summed E-state index contributed by atoms with van der Waals surface area (Å²) in [7, 11) is 0. The second-order valence-electron chi connectivity index (χ2n) is 11.8. The van der Waals surface area contributed by atoms with Crippen molar-refractivity contribution in [2.24, 2.45) is 0 Å². The summed E-state index contributed by atoms with van der Waals surface area (Å²) in [6.45, 7) is 6.40. The largest absolute Gasteiger partial charge is 0.349 e. The number of aromatic nitrogens is 2. The number of fused-ring (bicyclic) bond motifs is 6. The maximum atomic E-state index is 13.3. The molecule has 0 radical (unpaired) electrons. The van der Waals surface area contributed by atoms with E-state index < -0.39 is 0 Å². The molecule has 0 unspecified atom stereocenters. The van der Waals surface area contributed by atoms with Crippen LogP contribution >= 0.6 is 11.6 Å². The van der Waals surface area contributed by atoms with Crippen molar-refractivity contribution < 1.29 is 14.0 Å². The first kappa shape index (κ1) is 30.7. The number of hydrogen-bond acceptors (Lipinski definition) is 4. The van der Waals surface area contributed by atoms with Crippen molar-refractivity contribution in [3.05, 3.63) is 117 Å². The van der Waals surface area contributed by atoms with Crippen LogP contribution in [0.15, 0.2) is 72.8 Å². The third-order valence-corrected chi connectivity index (χ3v) is 9.31. The summed E-state index contributed by atoms with van der Waals surface area (Å²) in [5.41, 5.74) is 9.71. The maximum Gasteiger partial charge on any atom is 0.268 e. The number of halogens is 2. The van der Waals surface area contributed by atoms with Crippen LogP contribution in [-0.4, -0.2) is 34.0 Å². The van der Waals surface area contributed by atoms with Crippen LogP contribution in [0.4, 0.5) is 4.39 Å². The number of amides is 2. The predicted octanol–water partition coefficient (Wildman–Crippen LogP) is 7.26. The summed E-state index contributed by atoms with van der Waals surface area (Å²) in [4.78, 5) is 24.6. The van der Waals surface area contributed by atoms with Crippen LogP contribution < -0.4 is 10.6 Å². The number of carbonyl (C=O) groups is 2.